The number of anilines is 2. The number of amides is 2. The zero-order valence-electron chi connectivity index (χ0n) is 19.5. The highest BCUT2D eigenvalue weighted by Gasteiger charge is 2.28. The Hall–Kier alpha value is -3.13. The number of halogens is 1. The van der Waals surface area contributed by atoms with E-state index in [1.165, 1.54) is 6.92 Å². The molecule has 1 aliphatic heterocycles. The highest BCUT2D eigenvalue weighted by Crippen LogP contribution is 2.26. The number of hydrogen-bond donors (Lipinski definition) is 2. The molecule has 0 saturated carbocycles. The van der Waals surface area contributed by atoms with Crippen LogP contribution in [0.4, 0.5) is 11.6 Å². The summed E-state index contributed by atoms with van der Waals surface area (Å²) in [4.78, 5) is 37.7. The molecule has 1 fully saturated rings. The van der Waals surface area contributed by atoms with E-state index in [0.29, 0.717) is 42.8 Å². The summed E-state index contributed by atoms with van der Waals surface area (Å²) in [6, 6.07) is 9.37. The van der Waals surface area contributed by atoms with Crippen LogP contribution in [0, 0.1) is 5.92 Å². The third-order valence-corrected chi connectivity index (χ3v) is 6.41. The van der Waals surface area contributed by atoms with E-state index in [1.54, 1.807) is 0 Å². The minimum Gasteiger partial charge on any atom is -0.368 e. The normalized spacial score (nSPS) is 18.0. The predicted molar refractivity (Wildman–Crippen MR) is 135 cm³/mol. The Morgan fingerprint density at radius 2 is 1.82 bits per heavy atom. The molecule has 9 heteroatoms. The first kappa shape index (κ1) is 24.0. The van der Waals surface area contributed by atoms with Crippen LogP contribution in [0.1, 0.15) is 26.2 Å². The van der Waals surface area contributed by atoms with Crippen LogP contribution in [0.15, 0.2) is 42.5 Å². The maximum absolute atomic E-state index is 12.9. The van der Waals surface area contributed by atoms with Gasteiger partial charge in [0.05, 0.1) is 0 Å². The number of rotatable bonds is 7. The van der Waals surface area contributed by atoms with Gasteiger partial charge >= 0.3 is 0 Å². The third-order valence-electron chi connectivity index (χ3n) is 6.15. The van der Waals surface area contributed by atoms with Crippen molar-refractivity contribution >= 4 is 35.1 Å². The molecule has 1 unspecified atom stereocenters. The molecule has 2 heterocycles. The average molecular weight is 483 g/mol. The maximum atomic E-state index is 12.9. The quantitative estimate of drug-likeness (QED) is 0.464. The Labute approximate surface area is 205 Å². The van der Waals surface area contributed by atoms with Crippen LogP contribution in [0.5, 0.6) is 0 Å². The Bertz CT molecular complexity index is 1030. The fourth-order valence-electron chi connectivity index (χ4n) is 4.28. The average Bonchev–Trinajstić information content (AvgIpc) is 2.87. The number of benzene rings is 1. The van der Waals surface area contributed by atoms with Crippen molar-refractivity contribution in [3.05, 3.63) is 47.5 Å². The summed E-state index contributed by atoms with van der Waals surface area (Å²) in [5.74, 6) is 2.43. The number of nitrogens with zero attached hydrogens (tertiary/aromatic N) is 4. The molecular formula is C25H31ClN6O2. The third kappa shape index (κ3) is 6.26. The molecule has 34 heavy (non-hydrogen) atoms. The SMILES string of the molecule is CC(=O)NCCNc1cc(N2CCN(C(=O)C3CC=CCC3)CC2)nc(-c2ccc(Cl)cc2)n1. The number of allylic oxidation sites excluding steroid dienone is 2. The zero-order chi connectivity index (χ0) is 23.9. The number of hydrogen-bond acceptors (Lipinski definition) is 6. The Kier molecular flexibility index (Phi) is 8.00. The second-order valence-electron chi connectivity index (χ2n) is 8.65. The van der Waals surface area contributed by atoms with Crippen molar-refractivity contribution in [2.75, 3.05) is 49.5 Å². The van der Waals surface area contributed by atoms with Crippen molar-refractivity contribution in [2.45, 2.75) is 26.2 Å². The lowest BCUT2D eigenvalue weighted by Crippen LogP contribution is -2.50. The van der Waals surface area contributed by atoms with Gasteiger partial charge in [0.1, 0.15) is 11.6 Å². The summed E-state index contributed by atoms with van der Waals surface area (Å²) in [5.41, 5.74) is 0.871. The minimum absolute atomic E-state index is 0.0660. The molecule has 1 aliphatic carbocycles. The molecule has 1 saturated heterocycles. The van der Waals surface area contributed by atoms with Gasteiger partial charge in [0.15, 0.2) is 5.82 Å². The predicted octanol–water partition coefficient (Wildman–Crippen LogP) is 3.35. The van der Waals surface area contributed by atoms with Crippen LogP contribution >= 0.6 is 11.6 Å². The minimum atomic E-state index is -0.0660. The van der Waals surface area contributed by atoms with E-state index < -0.39 is 0 Å². The van der Waals surface area contributed by atoms with Gasteiger partial charge in [-0.1, -0.05) is 23.8 Å². The first-order chi connectivity index (χ1) is 16.5. The molecule has 2 amide bonds. The Morgan fingerprint density at radius 1 is 1.06 bits per heavy atom. The van der Waals surface area contributed by atoms with Crippen molar-refractivity contribution < 1.29 is 9.59 Å². The smallest absolute Gasteiger partial charge is 0.226 e. The van der Waals surface area contributed by atoms with Crippen molar-refractivity contribution in [1.82, 2.24) is 20.2 Å². The topological polar surface area (TPSA) is 90.5 Å². The molecule has 180 valence electrons. The lowest BCUT2D eigenvalue weighted by molar-refractivity contribution is -0.136. The number of carbonyl (C=O) groups is 2. The van der Waals surface area contributed by atoms with Gasteiger partial charge in [0.2, 0.25) is 11.8 Å². The maximum Gasteiger partial charge on any atom is 0.226 e. The second kappa shape index (κ2) is 11.3. The number of aromatic nitrogens is 2. The van der Waals surface area contributed by atoms with Gasteiger partial charge in [0, 0.05) is 68.8 Å². The molecule has 2 aromatic rings. The van der Waals surface area contributed by atoms with Crippen LogP contribution in [0.3, 0.4) is 0 Å². The zero-order valence-corrected chi connectivity index (χ0v) is 20.2. The fraction of sp³-hybridized carbons (Fsp3) is 0.440. The number of nitrogens with one attached hydrogen (secondary N) is 2. The van der Waals surface area contributed by atoms with Crippen molar-refractivity contribution in [3.63, 3.8) is 0 Å². The summed E-state index contributed by atoms with van der Waals surface area (Å²) in [5, 5.41) is 6.71. The molecule has 2 N–H and O–H groups in total. The van der Waals surface area contributed by atoms with Gasteiger partial charge in [-0.05, 0) is 43.5 Å². The van der Waals surface area contributed by atoms with Gasteiger partial charge in [-0.2, -0.15) is 0 Å². The molecule has 2 aliphatic rings. The number of piperazine rings is 1. The molecular weight excluding hydrogens is 452 g/mol. The molecule has 0 radical (unpaired) electrons. The highest BCUT2D eigenvalue weighted by molar-refractivity contribution is 6.30. The summed E-state index contributed by atoms with van der Waals surface area (Å²) in [6.45, 7) is 5.36. The molecule has 8 nitrogen and oxygen atoms in total. The molecule has 4 rings (SSSR count). The van der Waals surface area contributed by atoms with E-state index in [9.17, 15) is 9.59 Å². The van der Waals surface area contributed by atoms with E-state index >= 15 is 0 Å². The van der Waals surface area contributed by atoms with E-state index in [0.717, 1.165) is 43.7 Å². The Morgan fingerprint density at radius 3 is 2.50 bits per heavy atom. The largest absolute Gasteiger partial charge is 0.368 e. The summed E-state index contributed by atoms with van der Waals surface area (Å²) >= 11 is 6.06. The monoisotopic (exact) mass is 482 g/mol. The summed E-state index contributed by atoms with van der Waals surface area (Å²) in [6.07, 6.45) is 7.07. The lowest BCUT2D eigenvalue weighted by Gasteiger charge is -2.37. The van der Waals surface area contributed by atoms with Crippen molar-refractivity contribution in [1.29, 1.82) is 0 Å². The van der Waals surface area contributed by atoms with Gasteiger partial charge in [0.25, 0.3) is 0 Å². The van der Waals surface area contributed by atoms with Gasteiger partial charge in [-0.3, -0.25) is 9.59 Å². The van der Waals surface area contributed by atoms with Crippen LogP contribution in [-0.4, -0.2) is 66.0 Å². The van der Waals surface area contributed by atoms with Gasteiger partial charge < -0.3 is 20.4 Å². The molecule has 1 atom stereocenters. The van der Waals surface area contributed by atoms with Crippen LogP contribution in [0.2, 0.25) is 5.02 Å². The first-order valence-corrected chi connectivity index (χ1v) is 12.2. The van der Waals surface area contributed by atoms with Crippen molar-refractivity contribution in [3.8, 4) is 11.4 Å². The number of carbonyl (C=O) groups excluding carboxylic acids is 2. The van der Waals surface area contributed by atoms with Crippen LogP contribution < -0.4 is 15.5 Å². The van der Waals surface area contributed by atoms with Crippen molar-refractivity contribution in [2.24, 2.45) is 5.92 Å². The van der Waals surface area contributed by atoms with Gasteiger partial charge in [-0.15, -0.1) is 0 Å². The van der Waals surface area contributed by atoms with E-state index in [1.807, 2.05) is 35.2 Å². The van der Waals surface area contributed by atoms with E-state index in [2.05, 4.69) is 32.7 Å². The molecule has 0 spiro atoms. The van der Waals surface area contributed by atoms with Gasteiger partial charge in [-0.25, -0.2) is 9.97 Å². The fourth-order valence-corrected chi connectivity index (χ4v) is 4.40. The second-order valence-corrected chi connectivity index (χ2v) is 9.08. The lowest BCUT2D eigenvalue weighted by atomic mass is 9.93. The summed E-state index contributed by atoms with van der Waals surface area (Å²) in [7, 11) is 0. The molecule has 0 bridgehead atoms. The standard InChI is InChI=1S/C25H31ClN6O2/c1-18(33)27-11-12-28-22-17-23(30-24(29-22)19-7-9-21(26)10-8-19)31-13-15-32(16-14-31)25(34)20-5-3-2-4-6-20/h2-3,7-10,17,20H,4-6,11-16H2,1H3,(H,27,33)(H,28,29,30). The first-order valence-electron chi connectivity index (χ1n) is 11.8. The van der Waals surface area contributed by atoms with Crippen LogP contribution in [0.25, 0.3) is 11.4 Å². The van der Waals surface area contributed by atoms with Crippen LogP contribution in [-0.2, 0) is 9.59 Å². The van der Waals surface area contributed by atoms with E-state index in [-0.39, 0.29) is 17.7 Å². The Balaban J connectivity index is 1.47. The molecule has 1 aromatic heterocycles. The van der Waals surface area contributed by atoms with E-state index in [4.69, 9.17) is 16.6 Å². The summed E-state index contributed by atoms with van der Waals surface area (Å²) < 4.78 is 0. The molecule has 1 aromatic carbocycles. The highest BCUT2D eigenvalue weighted by atomic mass is 35.5.